The van der Waals surface area contributed by atoms with Crippen molar-refractivity contribution in [3.8, 4) is 5.69 Å². The molecule has 1 unspecified atom stereocenters. The Morgan fingerprint density at radius 3 is 2.45 bits per heavy atom. The maximum Gasteiger partial charge on any atom is 0.182 e. The highest BCUT2D eigenvalue weighted by Crippen LogP contribution is 2.24. The summed E-state index contributed by atoms with van der Waals surface area (Å²) < 4.78 is 28.5. The molecule has 0 N–H and O–H groups in total. The third-order valence-electron chi connectivity index (χ3n) is 3.21. The van der Waals surface area contributed by atoms with Crippen LogP contribution in [0.4, 0.5) is 8.78 Å². The smallest absolute Gasteiger partial charge is 0.182 e. The van der Waals surface area contributed by atoms with Crippen LogP contribution in [0.3, 0.4) is 0 Å². The van der Waals surface area contributed by atoms with Crippen molar-refractivity contribution in [3.63, 3.8) is 0 Å². The van der Waals surface area contributed by atoms with Crippen LogP contribution in [0, 0.1) is 25.5 Å². The molecule has 0 aliphatic rings. The van der Waals surface area contributed by atoms with Crippen LogP contribution in [-0.2, 0) is 0 Å². The van der Waals surface area contributed by atoms with E-state index in [0.29, 0.717) is 17.0 Å². The van der Waals surface area contributed by atoms with E-state index in [-0.39, 0.29) is 11.5 Å². The summed E-state index contributed by atoms with van der Waals surface area (Å²) in [7, 11) is 0. The van der Waals surface area contributed by atoms with E-state index >= 15 is 0 Å². The molecule has 2 nitrogen and oxygen atoms in total. The van der Waals surface area contributed by atoms with Crippen LogP contribution >= 0.6 is 11.6 Å². The molecule has 1 heterocycles. The molecule has 2 aromatic rings. The van der Waals surface area contributed by atoms with Crippen LogP contribution in [0.15, 0.2) is 24.3 Å². The molecule has 20 heavy (non-hydrogen) atoms. The number of Topliss-reactive ketones (excluding diaryl/α,β-unsaturated/α-hetero) is 1. The summed E-state index contributed by atoms with van der Waals surface area (Å²) in [6, 6.07) is 5.02. The van der Waals surface area contributed by atoms with Crippen molar-refractivity contribution >= 4 is 17.4 Å². The molecule has 5 heteroatoms. The van der Waals surface area contributed by atoms with Gasteiger partial charge in [-0.3, -0.25) is 4.79 Å². The van der Waals surface area contributed by atoms with E-state index in [1.807, 2.05) is 0 Å². The molecule has 2 rings (SSSR count). The summed E-state index contributed by atoms with van der Waals surface area (Å²) in [5.74, 6) is -1.53. The lowest BCUT2D eigenvalue weighted by Crippen LogP contribution is -2.12. The van der Waals surface area contributed by atoms with Gasteiger partial charge >= 0.3 is 0 Å². The molecule has 0 radical (unpaired) electrons. The van der Waals surface area contributed by atoms with Gasteiger partial charge in [0.05, 0.1) is 11.1 Å². The highest BCUT2D eigenvalue weighted by molar-refractivity contribution is 6.33. The molecule has 106 valence electrons. The second-order valence-corrected chi connectivity index (χ2v) is 5.35. The number of alkyl halides is 1. The maximum absolute atomic E-state index is 13.9. The number of hydrogen-bond acceptors (Lipinski definition) is 1. The third-order valence-corrected chi connectivity index (χ3v) is 3.41. The first-order valence-electron chi connectivity index (χ1n) is 6.15. The number of carbonyl (C=O) groups is 1. The number of carbonyl (C=O) groups excluding carboxylic acids is 1. The summed E-state index contributed by atoms with van der Waals surface area (Å²) in [6.45, 7) is 5.06. The van der Waals surface area contributed by atoms with E-state index in [1.54, 1.807) is 31.4 Å². The minimum Gasteiger partial charge on any atom is -0.315 e. The molecule has 0 saturated carbocycles. The highest BCUT2D eigenvalue weighted by Gasteiger charge is 2.21. The topological polar surface area (TPSA) is 22.0 Å². The van der Waals surface area contributed by atoms with Gasteiger partial charge in [-0.25, -0.2) is 8.78 Å². The zero-order valence-electron chi connectivity index (χ0n) is 11.4. The number of hydrogen-bond donors (Lipinski definition) is 0. The van der Waals surface area contributed by atoms with Gasteiger partial charge in [0, 0.05) is 23.0 Å². The monoisotopic (exact) mass is 297 g/mol. The van der Waals surface area contributed by atoms with Crippen molar-refractivity contribution in [3.05, 3.63) is 52.9 Å². The standard InChI is InChI=1S/C15H14ClF2NO/c1-8-6-12(15(20)9(2)16)10(3)19(8)14-5-4-11(17)7-13(14)18/h4-7,9H,1-3H3. The van der Waals surface area contributed by atoms with Gasteiger partial charge in [-0.1, -0.05) is 0 Å². The van der Waals surface area contributed by atoms with Crippen LogP contribution < -0.4 is 0 Å². The summed E-state index contributed by atoms with van der Waals surface area (Å²) in [6.07, 6.45) is 0. The Labute approximate surface area is 121 Å². The van der Waals surface area contributed by atoms with Crippen LogP contribution in [0.1, 0.15) is 28.7 Å². The van der Waals surface area contributed by atoms with Gasteiger partial charge in [0.2, 0.25) is 0 Å². The summed E-state index contributed by atoms with van der Waals surface area (Å²) >= 11 is 5.81. The van der Waals surface area contributed by atoms with Gasteiger partial charge in [0.25, 0.3) is 0 Å². The number of rotatable bonds is 3. The van der Waals surface area contributed by atoms with Crippen molar-refractivity contribution in [2.45, 2.75) is 26.1 Å². The van der Waals surface area contributed by atoms with E-state index in [9.17, 15) is 13.6 Å². The molecule has 0 saturated heterocycles. The Bertz CT molecular complexity index is 677. The van der Waals surface area contributed by atoms with Crippen LogP contribution in [0.5, 0.6) is 0 Å². The minimum atomic E-state index is -0.676. The summed E-state index contributed by atoms with van der Waals surface area (Å²) in [5.41, 5.74) is 1.94. The fraction of sp³-hybridized carbons (Fsp3) is 0.267. The Morgan fingerprint density at radius 1 is 1.25 bits per heavy atom. The zero-order valence-corrected chi connectivity index (χ0v) is 12.1. The number of halogens is 3. The molecular formula is C15H14ClF2NO. The van der Waals surface area contributed by atoms with Gasteiger partial charge in [0.15, 0.2) is 5.78 Å². The van der Waals surface area contributed by atoms with E-state index in [4.69, 9.17) is 11.6 Å². The van der Waals surface area contributed by atoms with Crippen molar-refractivity contribution in [2.24, 2.45) is 0 Å². The van der Waals surface area contributed by atoms with Crippen LogP contribution in [0.2, 0.25) is 0 Å². The second-order valence-electron chi connectivity index (χ2n) is 4.70. The predicted molar refractivity (Wildman–Crippen MR) is 74.8 cm³/mol. The molecule has 0 aliphatic heterocycles. The molecule has 1 aromatic heterocycles. The first kappa shape index (κ1) is 14.7. The minimum absolute atomic E-state index is 0.211. The SMILES string of the molecule is Cc1cc(C(=O)C(C)Cl)c(C)n1-c1ccc(F)cc1F. The molecule has 0 bridgehead atoms. The van der Waals surface area contributed by atoms with Crippen LogP contribution in [0.25, 0.3) is 5.69 Å². The Hall–Kier alpha value is -1.68. The number of benzene rings is 1. The fourth-order valence-corrected chi connectivity index (χ4v) is 2.38. The molecule has 0 spiro atoms. The van der Waals surface area contributed by atoms with E-state index in [2.05, 4.69) is 0 Å². The van der Waals surface area contributed by atoms with Gasteiger partial charge in [-0.2, -0.15) is 0 Å². The van der Waals surface area contributed by atoms with Gasteiger partial charge in [-0.05, 0) is 39.0 Å². The Kier molecular flexibility index (Phi) is 3.95. The quantitative estimate of drug-likeness (QED) is 0.615. The van der Waals surface area contributed by atoms with Crippen molar-refractivity contribution in [1.82, 2.24) is 4.57 Å². The zero-order chi connectivity index (χ0) is 15.0. The molecule has 0 aliphatic carbocycles. The molecular weight excluding hydrogens is 284 g/mol. The third kappa shape index (κ3) is 2.48. The molecule has 1 atom stereocenters. The lowest BCUT2D eigenvalue weighted by atomic mass is 10.1. The maximum atomic E-state index is 13.9. The predicted octanol–water partition coefficient (Wildman–Crippen LogP) is 4.18. The van der Waals surface area contributed by atoms with E-state index in [0.717, 1.165) is 6.07 Å². The van der Waals surface area contributed by atoms with E-state index in [1.165, 1.54) is 12.1 Å². The highest BCUT2D eigenvalue weighted by atomic mass is 35.5. The average Bonchev–Trinajstić information content (AvgIpc) is 2.65. The molecule has 0 fully saturated rings. The van der Waals surface area contributed by atoms with Gasteiger partial charge in [0.1, 0.15) is 11.6 Å². The van der Waals surface area contributed by atoms with Crippen molar-refractivity contribution < 1.29 is 13.6 Å². The molecule has 1 aromatic carbocycles. The number of aromatic nitrogens is 1. The Morgan fingerprint density at radius 2 is 1.90 bits per heavy atom. The summed E-state index contributed by atoms with van der Waals surface area (Å²) in [4.78, 5) is 12.0. The van der Waals surface area contributed by atoms with E-state index < -0.39 is 17.0 Å². The lowest BCUT2D eigenvalue weighted by molar-refractivity contribution is 0.0991. The lowest BCUT2D eigenvalue weighted by Gasteiger charge is -2.11. The van der Waals surface area contributed by atoms with Gasteiger partial charge in [-0.15, -0.1) is 11.6 Å². The number of aryl methyl sites for hydroxylation is 1. The Balaban J connectivity index is 2.61. The van der Waals surface area contributed by atoms with Crippen LogP contribution in [-0.4, -0.2) is 15.7 Å². The fourth-order valence-electron chi connectivity index (χ4n) is 2.26. The normalized spacial score (nSPS) is 12.5. The number of nitrogens with zero attached hydrogens (tertiary/aromatic N) is 1. The first-order valence-corrected chi connectivity index (χ1v) is 6.59. The van der Waals surface area contributed by atoms with Crippen molar-refractivity contribution in [2.75, 3.05) is 0 Å². The first-order chi connectivity index (χ1) is 9.32. The summed E-state index contributed by atoms with van der Waals surface area (Å²) in [5, 5.41) is -0.651. The largest absolute Gasteiger partial charge is 0.315 e. The average molecular weight is 298 g/mol. The van der Waals surface area contributed by atoms with Gasteiger partial charge < -0.3 is 4.57 Å². The second kappa shape index (κ2) is 5.37. The number of ketones is 1. The molecule has 0 amide bonds. The van der Waals surface area contributed by atoms with Crippen molar-refractivity contribution in [1.29, 1.82) is 0 Å².